The molecule has 3 rings (SSSR count). The van der Waals surface area contributed by atoms with Crippen LogP contribution >= 0.6 is 0 Å². The molecule has 0 aliphatic carbocycles. The zero-order valence-electron chi connectivity index (χ0n) is 17.9. The number of amides is 1. The number of nitrogens with zero attached hydrogens (tertiary/aromatic N) is 1. The van der Waals surface area contributed by atoms with Gasteiger partial charge in [-0.05, 0) is 17.7 Å². The number of hydrogen-bond donors (Lipinski definition) is 4. The lowest BCUT2D eigenvalue weighted by Crippen LogP contribution is -2.30. The third-order valence-electron chi connectivity index (χ3n) is 5.05. The maximum atomic E-state index is 12.8. The van der Waals surface area contributed by atoms with Crippen LogP contribution in [-0.4, -0.2) is 71.0 Å². The number of esters is 1. The van der Waals surface area contributed by atoms with Crippen molar-refractivity contribution in [3.63, 3.8) is 0 Å². The fourth-order valence-electron chi connectivity index (χ4n) is 3.39. The van der Waals surface area contributed by atoms with Gasteiger partial charge in [-0.25, -0.2) is 4.79 Å². The van der Waals surface area contributed by atoms with E-state index in [1.54, 1.807) is 18.2 Å². The number of cyclic esters (lactones) is 1. The summed E-state index contributed by atoms with van der Waals surface area (Å²) in [6.45, 7) is 0. The number of phenolic OH excluding ortho intramolecular Hbond substituents is 1. The van der Waals surface area contributed by atoms with Crippen molar-refractivity contribution in [2.45, 2.75) is 43.4 Å². The van der Waals surface area contributed by atoms with E-state index in [2.05, 4.69) is 15.3 Å². The van der Waals surface area contributed by atoms with Gasteiger partial charge in [0.15, 0.2) is 0 Å². The molecule has 0 saturated carbocycles. The van der Waals surface area contributed by atoms with E-state index in [1.165, 1.54) is 49.9 Å². The summed E-state index contributed by atoms with van der Waals surface area (Å²) in [6.07, 6.45) is 6.20. The van der Waals surface area contributed by atoms with Gasteiger partial charge < -0.3 is 34.9 Å². The van der Waals surface area contributed by atoms with Gasteiger partial charge in [-0.3, -0.25) is 4.79 Å². The Morgan fingerprint density at radius 1 is 1.33 bits per heavy atom. The van der Waals surface area contributed by atoms with Gasteiger partial charge in [-0.2, -0.15) is 0 Å². The van der Waals surface area contributed by atoms with Crippen molar-refractivity contribution in [1.29, 1.82) is 0 Å². The average Bonchev–Trinajstić information content (AvgIpc) is 3.58. The minimum atomic E-state index is -0.981. The molecule has 0 unspecified atom stereocenters. The Labute approximate surface area is 190 Å². The number of nitrogens with one attached hydrogen (secondary N) is 1. The van der Waals surface area contributed by atoms with Crippen LogP contribution in [0.3, 0.4) is 0 Å². The Morgan fingerprint density at radius 3 is 2.94 bits per heavy atom. The summed E-state index contributed by atoms with van der Waals surface area (Å²) < 4.78 is 11.0. The zero-order chi connectivity index (χ0) is 23.8. The lowest BCUT2D eigenvalue weighted by Gasteiger charge is -2.20. The highest BCUT2D eigenvalue weighted by Gasteiger charge is 2.48. The molecule has 1 aromatic rings. The lowest BCUT2D eigenvalue weighted by atomic mass is 10.00. The maximum absolute atomic E-state index is 12.8. The van der Waals surface area contributed by atoms with Crippen molar-refractivity contribution in [2.24, 2.45) is 5.16 Å². The van der Waals surface area contributed by atoms with Crippen molar-refractivity contribution in [2.75, 3.05) is 7.11 Å². The van der Waals surface area contributed by atoms with Crippen LogP contribution in [0.1, 0.15) is 28.8 Å². The van der Waals surface area contributed by atoms with E-state index >= 15 is 0 Å². The van der Waals surface area contributed by atoms with Crippen molar-refractivity contribution >= 4 is 24.2 Å². The number of hydrogen-bond acceptors (Lipinski definition) is 9. The molecule has 2 aliphatic rings. The Bertz CT molecular complexity index is 971. The molecular formula is C23H26N2O8. The number of allylic oxidation sites excluding steroid dienone is 1. The lowest BCUT2D eigenvalue weighted by molar-refractivity contribution is -0.115. The SMILES string of the molecule is CON=C/C=C/C(=O)NC=CC[C@H]1C[C@@H](O)[C@H]2O[C@H]2[C@@H](O)C=Cc2cccc(O)c2C(=O)O1. The molecule has 1 saturated heterocycles. The summed E-state index contributed by atoms with van der Waals surface area (Å²) in [6, 6.07) is 4.55. The summed E-state index contributed by atoms with van der Waals surface area (Å²) in [7, 11) is 1.38. The van der Waals surface area contributed by atoms with Crippen molar-refractivity contribution in [1.82, 2.24) is 5.32 Å². The van der Waals surface area contributed by atoms with Gasteiger partial charge in [0.1, 0.15) is 42.8 Å². The molecule has 0 radical (unpaired) electrons. The summed E-state index contributed by atoms with van der Waals surface area (Å²) in [5.74, 6) is -1.44. The molecular weight excluding hydrogens is 432 g/mol. The number of aliphatic hydroxyl groups is 2. The van der Waals surface area contributed by atoms with Crippen LogP contribution in [0.5, 0.6) is 5.75 Å². The molecule has 1 amide bonds. The highest BCUT2D eigenvalue weighted by molar-refractivity contribution is 5.96. The topological polar surface area (TPSA) is 150 Å². The molecule has 33 heavy (non-hydrogen) atoms. The fourth-order valence-corrected chi connectivity index (χ4v) is 3.39. The van der Waals surface area contributed by atoms with Crippen LogP contribution < -0.4 is 5.32 Å². The maximum Gasteiger partial charge on any atom is 0.342 e. The third-order valence-corrected chi connectivity index (χ3v) is 5.05. The Kier molecular flexibility index (Phi) is 8.36. The molecule has 4 N–H and O–H groups in total. The molecule has 1 aromatic carbocycles. The number of ether oxygens (including phenoxy) is 2. The minimum absolute atomic E-state index is 0.0396. The predicted octanol–water partition coefficient (Wildman–Crippen LogP) is 1.03. The van der Waals surface area contributed by atoms with E-state index in [0.717, 1.165) is 0 Å². The van der Waals surface area contributed by atoms with Crippen molar-refractivity contribution < 1.29 is 39.2 Å². The van der Waals surface area contributed by atoms with Crippen molar-refractivity contribution in [3.8, 4) is 5.75 Å². The van der Waals surface area contributed by atoms with Crippen molar-refractivity contribution in [3.05, 3.63) is 59.8 Å². The normalized spacial score (nSPS) is 27.5. The van der Waals surface area contributed by atoms with Crippen LogP contribution in [0.15, 0.2) is 53.9 Å². The molecule has 0 aromatic heterocycles. The first-order valence-electron chi connectivity index (χ1n) is 10.3. The number of epoxide rings is 1. The molecule has 0 bridgehead atoms. The number of rotatable bonds is 6. The predicted molar refractivity (Wildman–Crippen MR) is 118 cm³/mol. The molecule has 5 atom stereocenters. The van der Waals surface area contributed by atoms with E-state index < -0.39 is 42.4 Å². The number of aromatic hydroxyl groups is 1. The second-order valence-electron chi connectivity index (χ2n) is 7.43. The summed E-state index contributed by atoms with van der Waals surface area (Å²) in [4.78, 5) is 29.0. The standard InChI is InChI=1S/C23H26N2O8/c1-31-25-12-4-8-19(29)24-11-3-6-15-13-18(28)22-21(33-22)17(27)10-9-14-5-2-7-16(26)20(14)23(30)32-15/h2-5,7-12,15,17-18,21-22,26-28H,6,13H2,1H3,(H,24,29)/b8-4+,10-9?,11-3?,25-12?/t15-,17-,18+,21-,22+/m0/s1. The number of benzene rings is 1. The third kappa shape index (κ3) is 6.75. The quantitative estimate of drug-likeness (QED) is 0.162. The molecule has 10 heteroatoms. The molecule has 10 nitrogen and oxygen atoms in total. The van der Waals surface area contributed by atoms with Crippen LogP contribution in [0.25, 0.3) is 6.08 Å². The molecule has 2 aliphatic heterocycles. The van der Waals surface area contributed by atoms with Gasteiger partial charge in [0.05, 0.1) is 12.3 Å². The largest absolute Gasteiger partial charge is 0.507 e. The second kappa shape index (κ2) is 11.4. The van der Waals surface area contributed by atoms with Gasteiger partial charge >= 0.3 is 5.97 Å². The van der Waals surface area contributed by atoms with Crippen LogP contribution in [0.2, 0.25) is 0 Å². The van der Waals surface area contributed by atoms with E-state index in [9.17, 15) is 24.9 Å². The number of aliphatic hydroxyl groups excluding tert-OH is 2. The first kappa shape index (κ1) is 24.2. The number of carbonyl (C=O) groups excluding carboxylic acids is 2. The molecule has 1 fully saturated rings. The van der Waals surface area contributed by atoms with Crippen LogP contribution in [0, 0.1) is 0 Å². The number of carbonyl (C=O) groups is 2. The second-order valence-corrected chi connectivity index (χ2v) is 7.43. The monoisotopic (exact) mass is 458 g/mol. The minimum Gasteiger partial charge on any atom is -0.507 e. The number of phenols is 1. The number of fused-ring (bicyclic) bond motifs is 2. The molecule has 176 valence electrons. The smallest absolute Gasteiger partial charge is 0.342 e. The van der Waals surface area contributed by atoms with Gasteiger partial charge in [-0.1, -0.05) is 35.5 Å². The van der Waals surface area contributed by atoms with Crippen LogP contribution in [-0.2, 0) is 19.1 Å². The van der Waals surface area contributed by atoms with Crippen LogP contribution in [0.4, 0.5) is 0 Å². The Hall–Kier alpha value is -3.47. The summed E-state index contributed by atoms with van der Waals surface area (Å²) in [5, 5.41) is 37.0. The Balaban J connectivity index is 1.72. The zero-order valence-corrected chi connectivity index (χ0v) is 17.9. The van der Waals surface area contributed by atoms with Gasteiger partial charge in [0.2, 0.25) is 5.91 Å². The first-order valence-corrected chi connectivity index (χ1v) is 10.3. The number of oxime groups is 1. The first-order chi connectivity index (χ1) is 15.9. The van der Waals surface area contributed by atoms with Gasteiger partial charge in [0.25, 0.3) is 0 Å². The summed E-state index contributed by atoms with van der Waals surface area (Å²) in [5.41, 5.74) is 0.331. The van der Waals surface area contributed by atoms with E-state index in [-0.39, 0.29) is 24.2 Å². The fraction of sp³-hybridized carbons (Fsp3) is 0.348. The highest BCUT2D eigenvalue weighted by Crippen LogP contribution is 2.33. The summed E-state index contributed by atoms with van der Waals surface area (Å²) >= 11 is 0. The highest BCUT2D eigenvalue weighted by atomic mass is 16.6. The van der Waals surface area contributed by atoms with Gasteiger partial charge in [-0.15, -0.1) is 0 Å². The van der Waals surface area contributed by atoms with E-state index in [0.29, 0.717) is 5.56 Å². The Morgan fingerprint density at radius 2 is 2.15 bits per heavy atom. The van der Waals surface area contributed by atoms with E-state index in [1.807, 2.05) is 0 Å². The van der Waals surface area contributed by atoms with Gasteiger partial charge in [0, 0.05) is 25.1 Å². The van der Waals surface area contributed by atoms with E-state index in [4.69, 9.17) is 9.47 Å². The average molecular weight is 458 g/mol. The molecule has 2 heterocycles. The molecule has 0 spiro atoms.